The van der Waals surface area contributed by atoms with Gasteiger partial charge in [0.15, 0.2) is 0 Å². The summed E-state index contributed by atoms with van der Waals surface area (Å²) in [5.41, 5.74) is 3.21. The molecule has 18 heavy (non-hydrogen) atoms. The molecule has 0 bridgehead atoms. The third kappa shape index (κ3) is 3.11. The smallest absolute Gasteiger partial charge is 0.0798 e. The van der Waals surface area contributed by atoms with E-state index in [-0.39, 0.29) is 0 Å². The number of hydrogen-bond acceptors (Lipinski definition) is 4. The van der Waals surface area contributed by atoms with Crippen LogP contribution in [0, 0.1) is 6.92 Å². The third-order valence-corrected chi connectivity index (χ3v) is 5.04. The Balaban J connectivity index is 1.59. The molecule has 2 heterocycles. The largest absolute Gasteiger partial charge is 0.313 e. The van der Waals surface area contributed by atoms with Gasteiger partial charge in [0, 0.05) is 30.1 Å². The quantitative estimate of drug-likeness (QED) is 0.887. The Labute approximate surface area is 114 Å². The van der Waals surface area contributed by atoms with Crippen LogP contribution in [0.1, 0.15) is 42.7 Å². The summed E-state index contributed by atoms with van der Waals surface area (Å²) in [5.74, 6) is 0. The molecule has 100 valence electrons. The van der Waals surface area contributed by atoms with Crippen molar-refractivity contribution in [3.05, 3.63) is 16.1 Å². The molecule has 1 aliphatic carbocycles. The minimum Gasteiger partial charge on any atom is -0.313 e. The van der Waals surface area contributed by atoms with Crippen molar-refractivity contribution in [3.63, 3.8) is 0 Å². The molecule has 1 aromatic rings. The minimum absolute atomic E-state index is 0.715. The first-order valence-electron chi connectivity index (χ1n) is 7.19. The number of aromatic nitrogens is 1. The maximum atomic E-state index is 4.37. The molecular weight excluding hydrogens is 242 g/mol. The zero-order valence-corrected chi connectivity index (χ0v) is 12.0. The topological polar surface area (TPSA) is 28.2 Å². The predicted octanol–water partition coefficient (Wildman–Crippen LogP) is 2.56. The zero-order chi connectivity index (χ0) is 12.4. The van der Waals surface area contributed by atoms with E-state index in [0.29, 0.717) is 6.04 Å². The highest BCUT2D eigenvalue weighted by molar-refractivity contribution is 7.09. The molecule has 1 atom stereocenters. The van der Waals surface area contributed by atoms with Gasteiger partial charge in [-0.05, 0) is 39.2 Å². The summed E-state index contributed by atoms with van der Waals surface area (Å²) in [6.07, 6.45) is 6.89. The van der Waals surface area contributed by atoms with Gasteiger partial charge in [0.2, 0.25) is 0 Å². The summed E-state index contributed by atoms with van der Waals surface area (Å²) >= 11 is 1.81. The van der Waals surface area contributed by atoms with Crippen LogP contribution in [-0.2, 0) is 6.54 Å². The van der Waals surface area contributed by atoms with E-state index < -0.39 is 0 Å². The van der Waals surface area contributed by atoms with Crippen molar-refractivity contribution in [1.82, 2.24) is 15.2 Å². The van der Waals surface area contributed by atoms with E-state index in [1.165, 1.54) is 55.8 Å². The summed E-state index contributed by atoms with van der Waals surface area (Å²) in [7, 11) is 0. The molecule has 1 saturated heterocycles. The van der Waals surface area contributed by atoms with Crippen LogP contribution < -0.4 is 5.32 Å². The van der Waals surface area contributed by atoms with E-state index in [0.717, 1.165) is 12.6 Å². The highest BCUT2D eigenvalue weighted by Crippen LogP contribution is 2.30. The van der Waals surface area contributed by atoms with Crippen LogP contribution in [0.4, 0.5) is 0 Å². The molecule has 0 spiro atoms. The van der Waals surface area contributed by atoms with Crippen LogP contribution in [-0.4, -0.2) is 35.1 Å². The molecule has 4 heteroatoms. The Bertz CT molecular complexity index is 380. The third-order valence-electron chi connectivity index (χ3n) is 4.12. The van der Waals surface area contributed by atoms with Crippen LogP contribution in [0.5, 0.6) is 0 Å². The molecule has 1 N–H and O–H groups in total. The zero-order valence-electron chi connectivity index (χ0n) is 11.2. The normalized spacial score (nSPS) is 24.7. The van der Waals surface area contributed by atoms with Gasteiger partial charge in [0.05, 0.1) is 11.2 Å². The molecule has 3 nitrogen and oxygen atoms in total. The first-order chi connectivity index (χ1) is 8.83. The Morgan fingerprint density at radius 2 is 2.28 bits per heavy atom. The number of aryl methyl sites for hydroxylation is 1. The van der Waals surface area contributed by atoms with Crippen molar-refractivity contribution in [3.8, 4) is 0 Å². The molecule has 0 aromatic carbocycles. The van der Waals surface area contributed by atoms with Gasteiger partial charge in [-0.25, -0.2) is 4.98 Å². The van der Waals surface area contributed by atoms with E-state index in [9.17, 15) is 0 Å². The maximum Gasteiger partial charge on any atom is 0.0798 e. The van der Waals surface area contributed by atoms with Crippen LogP contribution in [0.3, 0.4) is 0 Å². The van der Waals surface area contributed by atoms with Crippen LogP contribution in [0.15, 0.2) is 5.51 Å². The molecule has 0 amide bonds. The van der Waals surface area contributed by atoms with Crippen molar-refractivity contribution in [2.45, 2.75) is 57.7 Å². The molecule has 1 aliphatic heterocycles. The van der Waals surface area contributed by atoms with Crippen molar-refractivity contribution in [2.75, 3.05) is 13.1 Å². The fraction of sp³-hybridized carbons (Fsp3) is 0.786. The second-order valence-corrected chi connectivity index (χ2v) is 6.61. The van der Waals surface area contributed by atoms with Gasteiger partial charge < -0.3 is 5.32 Å². The lowest BCUT2D eigenvalue weighted by atomic mass is 10.0. The first kappa shape index (κ1) is 12.6. The predicted molar refractivity (Wildman–Crippen MR) is 75.9 cm³/mol. The molecular formula is C14H23N3S. The molecule has 2 aliphatic rings. The van der Waals surface area contributed by atoms with Crippen LogP contribution >= 0.6 is 11.3 Å². The molecule has 1 aromatic heterocycles. The fourth-order valence-electron chi connectivity index (χ4n) is 2.81. The summed E-state index contributed by atoms with van der Waals surface area (Å²) < 4.78 is 0. The van der Waals surface area contributed by atoms with Gasteiger partial charge in [-0.15, -0.1) is 11.3 Å². The number of rotatable bonds is 5. The van der Waals surface area contributed by atoms with E-state index in [1.54, 1.807) is 0 Å². The van der Waals surface area contributed by atoms with Crippen LogP contribution in [0.25, 0.3) is 0 Å². The molecule has 1 unspecified atom stereocenters. The lowest BCUT2D eigenvalue weighted by molar-refractivity contribution is 0.209. The van der Waals surface area contributed by atoms with Gasteiger partial charge in [0.1, 0.15) is 0 Å². The van der Waals surface area contributed by atoms with E-state index in [1.807, 2.05) is 16.8 Å². The van der Waals surface area contributed by atoms with Crippen molar-refractivity contribution >= 4 is 11.3 Å². The lowest BCUT2D eigenvalue weighted by Gasteiger charge is -2.30. The van der Waals surface area contributed by atoms with Gasteiger partial charge in [-0.1, -0.05) is 6.42 Å². The fourth-order valence-corrected chi connectivity index (χ4v) is 3.61. The highest BCUT2D eigenvalue weighted by Gasteiger charge is 2.31. The Morgan fingerprint density at radius 1 is 1.39 bits per heavy atom. The van der Waals surface area contributed by atoms with E-state index >= 15 is 0 Å². The van der Waals surface area contributed by atoms with E-state index in [2.05, 4.69) is 22.1 Å². The number of hydrogen-bond donors (Lipinski definition) is 1. The summed E-state index contributed by atoms with van der Waals surface area (Å²) in [6.45, 7) is 5.68. The number of piperidine rings is 1. The lowest BCUT2D eigenvalue weighted by Crippen LogP contribution is -2.44. The number of nitrogens with zero attached hydrogens (tertiary/aromatic N) is 2. The average Bonchev–Trinajstić information content (AvgIpc) is 3.16. The van der Waals surface area contributed by atoms with Gasteiger partial charge in [0.25, 0.3) is 0 Å². The Morgan fingerprint density at radius 3 is 2.89 bits per heavy atom. The molecule has 2 fully saturated rings. The number of thiazole rings is 1. The van der Waals surface area contributed by atoms with Crippen LogP contribution in [0.2, 0.25) is 0 Å². The standard InChI is InChI=1S/C14H23N3S/c1-11-14(18-10-16-11)9-17(13-5-6-13)8-12-4-2-3-7-15-12/h10,12-13,15H,2-9H2,1H3. The Kier molecular flexibility index (Phi) is 3.97. The van der Waals surface area contributed by atoms with Gasteiger partial charge >= 0.3 is 0 Å². The Hall–Kier alpha value is -0.450. The summed E-state index contributed by atoms with van der Waals surface area (Å²) in [5, 5.41) is 3.67. The first-order valence-corrected chi connectivity index (χ1v) is 8.07. The van der Waals surface area contributed by atoms with Gasteiger partial charge in [-0.2, -0.15) is 0 Å². The maximum absolute atomic E-state index is 4.37. The molecule has 0 radical (unpaired) electrons. The molecule has 1 saturated carbocycles. The monoisotopic (exact) mass is 265 g/mol. The second kappa shape index (κ2) is 5.68. The second-order valence-electron chi connectivity index (χ2n) is 5.67. The SMILES string of the molecule is Cc1ncsc1CN(CC1CCCCN1)C1CC1. The minimum atomic E-state index is 0.715. The summed E-state index contributed by atoms with van der Waals surface area (Å²) in [4.78, 5) is 8.51. The highest BCUT2D eigenvalue weighted by atomic mass is 32.1. The number of nitrogens with one attached hydrogen (secondary N) is 1. The molecule has 3 rings (SSSR count). The van der Waals surface area contributed by atoms with Crippen molar-refractivity contribution < 1.29 is 0 Å². The summed E-state index contributed by atoms with van der Waals surface area (Å²) in [6, 6.07) is 1.56. The average molecular weight is 265 g/mol. The van der Waals surface area contributed by atoms with E-state index in [4.69, 9.17) is 0 Å². The van der Waals surface area contributed by atoms with Gasteiger partial charge in [-0.3, -0.25) is 4.90 Å². The van der Waals surface area contributed by atoms with Crippen molar-refractivity contribution in [1.29, 1.82) is 0 Å². The van der Waals surface area contributed by atoms with Crippen molar-refractivity contribution in [2.24, 2.45) is 0 Å².